The van der Waals surface area contributed by atoms with Crippen LogP contribution in [0.15, 0.2) is 30.9 Å². The van der Waals surface area contributed by atoms with Gasteiger partial charge in [0.1, 0.15) is 6.33 Å². The SMILES string of the molecule is COC(=O)c1ccc(N)c(Nc2cncnc2)n1. The largest absolute Gasteiger partial charge is 0.464 e. The molecule has 0 aromatic carbocycles. The average molecular weight is 245 g/mol. The summed E-state index contributed by atoms with van der Waals surface area (Å²) >= 11 is 0. The van der Waals surface area contributed by atoms with Gasteiger partial charge in [-0.2, -0.15) is 0 Å². The molecule has 2 rings (SSSR count). The maximum Gasteiger partial charge on any atom is 0.356 e. The van der Waals surface area contributed by atoms with Crippen molar-refractivity contribution in [2.75, 3.05) is 18.2 Å². The molecule has 0 saturated carbocycles. The van der Waals surface area contributed by atoms with E-state index < -0.39 is 5.97 Å². The average Bonchev–Trinajstić information content (AvgIpc) is 2.41. The second-order valence-electron chi connectivity index (χ2n) is 3.38. The van der Waals surface area contributed by atoms with Crippen LogP contribution in [-0.4, -0.2) is 28.0 Å². The van der Waals surface area contributed by atoms with Crippen LogP contribution in [0.5, 0.6) is 0 Å². The molecule has 0 aliphatic carbocycles. The third-order valence-electron chi connectivity index (χ3n) is 2.14. The summed E-state index contributed by atoms with van der Waals surface area (Å²) in [5.74, 6) is -0.171. The Morgan fingerprint density at radius 2 is 2.06 bits per heavy atom. The molecule has 0 bridgehead atoms. The Kier molecular flexibility index (Phi) is 3.33. The molecule has 3 N–H and O–H groups in total. The summed E-state index contributed by atoms with van der Waals surface area (Å²) in [4.78, 5) is 23.1. The molecule has 0 amide bonds. The fourth-order valence-corrected chi connectivity index (χ4v) is 1.29. The Bertz CT molecular complexity index is 559. The van der Waals surface area contributed by atoms with Crippen molar-refractivity contribution in [1.82, 2.24) is 15.0 Å². The van der Waals surface area contributed by atoms with Gasteiger partial charge in [-0.1, -0.05) is 0 Å². The van der Waals surface area contributed by atoms with Gasteiger partial charge in [0.2, 0.25) is 0 Å². The lowest BCUT2D eigenvalue weighted by molar-refractivity contribution is 0.0594. The van der Waals surface area contributed by atoms with Gasteiger partial charge in [0, 0.05) is 0 Å². The van der Waals surface area contributed by atoms with Crippen LogP contribution in [0.4, 0.5) is 17.2 Å². The second-order valence-corrected chi connectivity index (χ2v) is 3.38. The molecule has 7 nitrogen and oxygen atoms in total. The number of nitrogen functional groups attached to an aromatic ring is 1. The molecular weight excluding hydrogens is 234 g/mol. The maximum atomic E-state index is 11.4. The summed E-state index contributed by atoms with van der Waals surface area (Å²) in [5.41, 5.74) is 6.97. The molecule has 0 spiro atoms. The third-order valence-corrected chi connectivity index (χ3v) is 2.14. The lowest BCUT2D eigenvalue weighted by Gasteiger charge is -2.08. The number of aromatic nitrogens is 3. The van der Waals surface area contributed by atoms with Gasteiger partial charge in [0.05, 0.1) is 30.9 Å². The van der Waals surface area contributed by atoms with Crippen molar-refractivity contribution in [2.45, 2.75) is 0 Å². The first-order valence-corrected chi connectivity index (χ1v) is 5.07. The smallest absolute Gasteiger partial charge is 0.356 e. The van der Waals surface area contributed by atoms with E-state index in [2.05, 4.69) is 25.0 Å². The zero-order valence-corrected chi connectivity index (χ0v) is 9.62. The number of ether oxygens (including phenoxy) is 1. The summed E-state index contributed by atoms with van der Waals surface area (Å²) < 4.78 is 4.59. The predicted octanol–water partition coefficient (Wildman–Crippen LogP) is 0.984. The number of anilines is 3. The first-order valence-electron chi connectivity index (χ1n) is 5.07. The minimum atomic E-state index is -0.526. The molecule has 0 aliphatic rings. The molecule has 0 fully saturated rings. The van der Waals surface area contributed by atoms with Gasteiger partial charge < -0.3 is 15.8 Å². The van der Waals surface area contributed by atoms with Crippen molar-refractivity contribution in [3.8, 4) is 0 Å². The van der Waals surface area contributed by atoms with Gasteiger partial charge in [-0.05, 0) is 12.1 Å². The predicted molar refractivity (Wildman–Crippen MR) is 65.3 cm³/mol. The Morgan fingerprint density at radius 3 is 2.72 bits per heavy atom. The summed E-state index contributed by atoms with van der Waals surface area (Å²) in [6.45, 7) is 0. The van der Waals surface area contributed by atoms with Crippen molar-refractivity contribution in [1.29, 1.82) is 0 Å². The number of nitrogens with two attached hydrogens (primary N) is 1. The molecule has 7 heteroatoms. The van der Waals surface area contributed by atoms with E-state index in [1.165, 1.54) is 19.5 Å². The zero-order chi connectivity index (χ0) is 13.0. The van der Waals surface area contributed by atoms with Crippen LogP contribution < -0.4 is 11.1 Å². The summed E-state index contributed by atoms with van der Waals surface area (Å²) in [6.07, 6.45) is 4.55. The van der Waals surface area contributed by atoms with Crippen molar-refractivity contribution in [2.24, 2.45) is 0 Å². The first-order chi connectivity index (χ1) is 8.70. The first kappa shape index (κ1) is 11.8. The van der Waals surface area contributed by atoms with E-state index in [4.69, 9.17) is 5.73 Å². The molecule has 0 unspecified atom stereocenters. The van der Waals surface area contributed by atoms with E-state index >= 15 is 0 Å². The van der Waals surface area contributed by atoms with Crippen LogP contribution in [0.2, 0.25) is 0 Å². The third kappa shape index (κ3) is 2.51. The number of esters is 1. The van der Waals surface area contributed by atoms with Crippen LogP contribution >= 0.6 is 0 Å². The summed E-state index contributed by atoms with van der Waals surface area (Å²) in [6, 6.07) is 3.07. The van der Waals surface area contributed by atoms with Gasteiger partial charge in [0.25, 0.3) is 0 Å². The van der Waals surface area contributed by atoms with E-state index in [0.717, 1.165) is 0 Å². The lowest BCUT2D eigenvalue weighted by Crippen LogP contribution is -2.08. The highest BCUT2D eigenvalue weighted by Gasteiger charge is 2.10. The molecule has 2 aromatic rings. The fourth-order valence-electron chi connectivity index (χ4n) is 1.29. The Balaban J connectivity index is 2.30. The second kappa shape index (κ2) is 5.09. The number of rotatable bonds is 3. The number of methoxy groups -OCH3 is 1. The summed E-state index contributed by atoms with van der Waals surface area (Å²) in [5, 5.41) is 2.92. The van der Waals surface area contributed by atoms with E-state index in [1.54, 1.807) is 18.5 Å². The molecule has 92 valence electrons. The van der Waals surface area contributed by atoms with Crippen LogP contribution in [0.25, 0.3) is 0 Å². The van der Waals surface area contributed by atoms with E-state index in [0.29, 0.717) is 17.2 Å². The molecule has 2 aromatic heterocycles. The summed E-state index contributed by atoms with van der Waals surface area (Å²) in [7, 11) is 1.29. The van der Waals surface area contributed by atoms with E-state index in [-0.39, 0.29) is 5.69 Å². The Hall–Kier alpha value is -2.70. The molecule has 0 atom stereocenters. The highest BCUT2D eigenvalue weighted by Crippen LogP contribution is 2.20. The molecule has 2 heterocycles. The van der Waals surface area contributed by atoms with Gasteiger partial charge >= 0.3 is 5.97 Å². The molecule has 18 heavy (non-hydrogen) atoms. The van der Waals surface area contributed by atoms with Gasteiger partial charge in [-0.3, -0.25) is 0 Å². The number of pyridine rings is 1. The number of hydrogen-bond acceptors (Lipinski definition) is 7. The fraction of sp³-hybridized carbons (Fsp3) is 0.0909. The van der Waals surface area contributed by atoms with Gasteiger partial charge in [-0.15, -0.1) is 0 Å². The molecule has 0 aliphatic heterocycles. The van der Waals surface area contributed by atoms with Crippen LogP contribution in [-0.2, 0) is 4.74 Å². The normalized spacial score (nSPS) is 9.83. The number of carbonyl (C=O) groups is 1. The minimum absolute atomic E-state index is 0.172. The Labute approximate surface area is 103 Å². The van der Waals surface area contributed by atoms with Gasteiger partial charge in [-0.25, -0.2) is 19.7 Å². The topological polar surface area (TPSA) is 103 Å². The van der Waals surface area contributed by atoms with Gasteiger partial charge in [0.15, 0.2) is 11.5 Å². The molecular formula is C11H11N5O2. The van der Waals surface area contributed by atoms with Crippen LogP contribution in [0.3, 0.4) is 0 Å². The zero-order valence-electron chi connectivity index (χ0n) is 9.62. The number of hydrogen-bond donors (Lipinski definition) is 2. The standard InChI is InChI=1S/C11H11N5O2/c1-18-11(17)9-3-2-8(12)10(16-9)15-7-4-13-6-14-5-7/h2-6H,12H2,1H3,(H,15,16). The highest BCUT2D eigenvalue weighted by atomic mass is 16.5. The maximum absolute atomic E-state index is 11.4. The Morgan fingerprint density at radius 1 is 1.33 bits per heavy atom. The molecule has 0 saturated heterocycles. The van der Waals surface area contributed by atoms with Crippen molar-refractivity contribution in [3.05, 3.63) is 36.5 Å². The monoisotopic (exact) mass is 245 g/mol. The minimum Gasteiger partial charge on any atom is -0.464 e. The van der Waals surface area contributed by atoms with E-state index in [9.17, 15) is 4.79 Å². The quantitative estimate of drug-likeness (QED) is 0.777. The van der Waals surface area contributed by atoms with Crippen molar-refractivity contribution >= 4 is 23.2 Å². The number of nitrogens with zero attached hydrogens (tertiary/aromatic N) is 3. The van der Waals surface area contributed by atoms with Crippen LogP contribution in [0.1, 0.15) is 10.5 Å². The highest BCUT2D eigenvalue weighted by molar-refractivity contribution is 5.88. The molecule has 0 radical (unpaired) electrons. The van der Waals surface area contributed by atoms with Crippen molar-refractivity contribution in [3.63, 3.8) is 0 Å². The van der Waals surface area contributed by atoms with Crippen molar-refractivity contribution < 1.29 is 9.53 Å². The van der Waals surface area contributed by atoms with E-state index in [1.807, 2.05) is 0 Å². The number of nitrogens with one attached hydrogen (secondary N) is 1. The number of carbonyl (C=O) groups excluding carboxylic acids is 1. The lowest BCUT2D eigenvalue weighted by atomic mass is 10.3. The van der Waals surface area contributed by atoms with Crippen LogP contribution in [0, 0.1) is 0 Å².